The maximum Gasteiger partial charge on any atom is -0.00811 e. The van der Waals surface area contributed by atoms with Crippen molar-refractivity contribution in [3.63, 3.8) is 0 Å². The maximum absolute atomic E-state index is 4.54. The van der Waals surface area contributed by atoms with E-state index in [1.54, 1.807) is 0 Å². The smallest absolute Gasteiger partial charge is 0.00811 e. The highest BCUT2D eigenvalue weighted by Gasteiger charge is 2.69. The van der Waals surface area contributed by atoms with Crippen LogP contribution in [-0.4, -0.2) is 0 Å². The van der Waals surface area contributed by atoms with Gasteiger partial charge in [-0.2, -0.15) is 0 Å². The van der Waals surface area contributed by atoms with E-state index in [-0.39, 0.29) is 0 Å². The van der Waals surface area contributed by atoms with Crippen LogP contribution in [0.15, 0.2) is 24.3 Å². The lowest BCUT2D eigenvalue weighted by Crippen LogP contribution is -2.65. The van der Waals surface area contributed by atoms with Crippen molar-refractivity contribution in [2.45, 2.75) is 119 Å². The van der Waals surface area contributed by atoms with Crippen LogP contribution in [0.4, 0.5) is 0 Å². The van der Waals surface area contributed by atoms with Crippen LogP contribution in [0.25, 0.3) is 0 Å². The molecular weight excluding hydrogens is 384 g/mol. The Balaban J connectivity index is 1.56. The molecule has 0 saturated heterocycles. The van der Waals surface area contributed by atoms with Crippen LogP contribution in [0.5, 0.6) is 0 Å². The topological polar surface area (TPSA) is 0 Å². The minimum atomic E-state index is 0.458. The summed E-state index contributed by atoms with van der Waals surface area (Å²) in [5, 5.41) is 0. The van der Waals surface area contributed by atoms with Gasteiger partial charge in [0.05, 0.1) is 0 Å². The molecule has 9 unspecified atom stereocenters. The van der Waals surface area contributed by atoms with E-state index in [1.807, 2.05) is 0 Å². The van der Waals surface area contributed by atoms with Gasteiger partial charge in [0.25, 0.3) is 0 Å². The van der Waals surface area contributed by atoms with E-state index in [0.29, 0.717) is 27.1 Å². The molecule has 5 saturated carbocycles. The van der Waals surface area contributed by atoms with Crippen LogP contribution in [0.2, 0.25) is 0 Å². The minimum Gasteiger partial charge on any atom is -0.0998 e. The summed E-state index contributed by atoms with van der Waals surface area (Å²) in [6.45, 7) is 22.7. The summed E-state index contributed by atoms with van der Waals surface area (Å²) in [6.07, 6.45) is 21.0. The summed E-state index contributed by atoms with van der Waals surface area (Å²) in [4.78, 5) is 0. The van der Waals surface area contributed by atoms with Crippen LogP contribution in [0, 0.1) is 56.7 Å². The van der Waals surface area contributed by atoms with Gasteiger partial charge >= 0.3 is 0 Å². The van der Waals surface area contributed by atoms with Crippen LogP contribution in [0.3, 0.4) is 0 Å². The van der Waals surface area contributed by atoms with Crippen molar-refractivity contribution in [3.8, 4) is 0 Å². The van der Waals surface area contributed by atoms with E-state index in [2.05, 4.69) is 67.2 Å². The Morgan fingerprint density at radius 1 is 0.781 bits per heavy atom. The van der Waals surface area contributed by atoms with Gasteiger partial charge < -0.3 is 0 Å². The van der Waals surface area contributed by atoms with Gasteiger partial charge in [-0.05, 0) is 135 Å². The molecule has 0 spiro atoms. The third-order valence-electron chi connectivity index (χ3n) is 13.4. The van der Waals surface area contributed by atoms with Crippen LogP contribution in [-0.2, 0) is 0 Å². The Bertz CT molecular complexity index is 801. The van der Waals surface area contributed by atoms with Crippen LogP contribution >= 0.6 is 0 Å². The van der Waals surface area contributed by atoms with Gasteiger partial charge in [0.1, 0.15) is 0 Å². The Kier molecular flexibility index (Phi) is 5.26. The summed E-state index contributed by atoms with van der Waals surface area (Å²) in [6, 6.07) is 0. The van der Waals surface area contributed by atoms with Gasteiger partial charge in [-0.3, -0.25) is 0 Å². The summed E-state index contributed by atoms with van der Waals surface area (Å²) >= 11 is 0. The first kappa shape index (κ1) is 23.2. The molecule has 0 radical (unpaired) electrons. The van der Waals surface area contributed by atoms with Gasteiger partial charge in [0, 0.05) is 0 Å². The standard InChI is InChI=1S/C32H52/c1-9-15-32-19-13-23(22(2)3)27(32)24-11-12-26-29(6)17-10-16-28(4,5)25(29)14-18-31(26,8)30(24,7)20-21-32/h9,15,23-27H,2,10-14,16-21H2,1,3-8H3. The highest BCUT2D eigenvalue weighted by atomic mass is 14.7. The molecule has 0 nitrogen and oxygen atoms in total. The first-order valence-electron chi connectivity index (χ1n) is 14.2. The van der Waals surface area contributed by atoms with Gasteiger partial charge in [-0.15, -0.1) is 0 Å². The molecule has 0 bridgehead atoms. The normalized spacial score (nSPS) is 54.4. The van der Waals surface area contributed by atoms with Crippen molar-refractivity contribution in [2.24, 2.45) is 56.7 Å². The predicted octanol–water partition coefficient (Wildman–Crippen LogP) is 9.61. The molecule has 5 fully saturated rings. The lowest BCUT2D eigenvalue weighted by atomic mass is 9.32. The second kappa shape index (κ2) is 7.24. The average Bonchev–Trinajstić information content (AvgIpc) is 3.08. The average molecular weight is 437 g/mol. The van der Waals surface area contributed by atoms with E-state index in [9.17, 15) is 0 Å². The number of fused-ring (bicyclic) bond motifs is 7. The number of hydrogen-bond acceptors (Lipinski definition) is 0. The molecule has 0 N–H and O–H groups in total. The predicted molar refractivity (Wildman–Crippen MR) is 138 cm³/mol. The van der Waals surface area contributed by atoms with Crippen molar-refractivity contribution < 1.29 is 0 Å². The quantitative estimate of drug-likeness (QED) is 0.378. The summed E-state index contributed by atoms with van der Waals surface area (Å²) in [5.74, 6) is 4.32. The molecule has 0 amide bonds. The zero-order valence-corrected chi connectivity index (χ0v) is 22.5. The Morgan fingerprint density at radius 3 is 2.22 bits per heavy atom. The van der Waals surface area contributed by atoms with Crippen molar-refractivity contribution in [1.29, 1.82) is 0 Å². The fourth-order valence-electron chi connectivity index (χ4n) is 11.9. The molecule has 9 atom stereocenters. The zero-order valence-electron chi connectivity index (χ0n) is 22.5. The molecule has 0 aromatic heterocycles. The first-order chi connectivity index (χ1) is 15.0. The molecule has 5 aliphatic carbocycles. The van der Waals surface area contributed by atoms with Crippen molar-refractivity contribution in [3.05, 3.63) is 24.3 Å². The summed E-state index contributed by atoms with van der Waals surface area (Å²) in [5.41, 5.74) is 4.04. The number of allylic oxidation sites excluding steroid dienone is 3. The molecule has 5 aliphatic rings. The third kappa shape index (κ3) is 2.80. The SMILES string of the molecule is C=C(C)C1CCC2(C=CC)CCC3(C)C(CCC4C5(C)CCCC(C)(C)C5CCC43C)C12. The Hall–Kier alpha value is -0.520. The van der Waals surface area contributed by atoms with E-state index in [4.69, 9.17) is 0 Å². The molecular formula is C32H52. The van der Waals surface area contributed by atoms with Gasteiger partial charge in [-0.25, -0.2) is 0 Å². The monoisotopic (exact) mass is 436 g/mol. The molecule has 180 valence electrons. The molecule has 0 aromatic rings. The third-order valence-corrected chi connectivity index (χ3v) is 13.4. The lowest BCUT2D eigenvalue weighted by Gasteiger charge is -2.72. The molecule has 32 heavy (non-hydrogen) atoms. The van der Waals surface area contributed by atoms with E-state index in [1.165, 1.54) is 76.2 Å². The van der Waals surface area contributed by atoms with Gasteiger partial charge in [0.15, 0.2) is 0 Å². The van der Waals surface area contributed by atoms with Gasteiger partial charge in [0.2, 0.25) is 0 Å². The molecule has 0 aliphatic heterocycles. The highest BCUT2D eigenvalue weighted by Crippen LogP contribution is 2.77. The molecule has 0 heterocycles. The number of rotatable bonds is 2. The first-order valence-corrected chi connectivity index (χ1v) is 14.2. The van der Waals surface area contributed by atoms with E-state index in [0.717, 1.165) is 29.6 Å². The second-order valence-electron chi connectivity index (χ2n) is 14.8. The molecule has 0 aromatic carbocycles. The molecule has 5 rings (SSSR count). The largest absolute Gasteiger partial charge is 0.0998 e. The fraction of sp³-hybridized carbons (Fsp3) is 0.875. The number of hydrogen-bond donors (Lipinski definition) is 0. The zero-order chi connectivity index (χ0) is 23.2. The van der Waals surface area contributed by atoms with E-state index < -0.39 is 0 Å². The molecule has 0 heteroatoms. The summed E-state index contributed by atoms with van der Waals surface area (Å²) in [7, 11) is 0. The minimum absolute atomic E-state index is 0.458. The summed E-state index contributed by atoms with van der Waals surface area (Å²) < 4.78 is 0. The lowest BCUT2D eigenvalue weighted by molar-refractivity contribution is -0.233. The van der Waals surface area contributed by atoms with Crippen LogP contribution < -0.4 is 0 Å². The second-order valence-corrected chi connectivity index (χ2v) is 14.8. The van der Waals surface area contributed by atoms with Crippen LogP contribution in [0.1, 0.15) is 119 Å². The van der Waals surface area contributed by atoms with Crippen molar-refractivity contribution in [1.82, 2.24) is 0 Å². The Morgan fingerprint density at radius 2 is 1.53 bits per heavy atom. The fourth-order valence-corrected chi connectivity index (χ4v) is 11.9. The van der Waals surface area contributed by atoms with Crippen molar-refractivity contribution in [2.75, 3.05) is 0 Å². The maximum atomic E-state index is 4.54. The van der Waals surface area contributed by atoms with E-state index >= 15 is 0 Å². The van der Waals surface area contributed by atoms with Gasteiger partial charge in [-0.1, -0.05) is 65.3 Å². The highest BCUT2D eigenvalue weighted by molar-refractivity contribution is 5.24. The van der Waals surface area contributed by atoms with Crippen molar-refractivity contribution >= 4 is 0 Å². The Labute approximate surface area is 200 Å².